The van der Waals surface area contributed by atoms with E-state index in [4.69, 9.17) is 5.11 Å². The number of hydrogen-bond acceptors (Lipinski definition) is 3. The van der Waals surface area contributed by atoms with E-state index in [-0.39, 0.29) is 25.5 Å². The van der Waals surface area contributed by atoms with Crippen molar-refractivity contribution in [2.24, 2.45) is 5.41 Å². The lowest BCUT2D eigenvalue weighted by Gasteiger charge is -2.34. The third kappa shape index (κ3) is 4.06. The third-order valence-electron chi connectivity index (χ3n) is 3.83. The minimum Gasteiger partial charge on any atom is -0.481 e. The summed E-state index contributed by atoms with van der Waals surface area (Å²) in [6, 6.07) is 0. The molecule has 1 rings (SSSR count). The first-order valence-corrected chi connectivity index (χ1v) is 6.78. The number of carbonyl (C=O) groups is 2. The molecule has 0 aromatic rings. The van der Waals surface area contributed by atoms with E-state index in [1.165, 1.54) is 4.90 Å². The Bertz CT molecular complexity index is 334. The minimum absolute atomic E-state index is 0.0240. The summed E-state index contributed by atoms with van der Waals surface area (Å²) < 4.78 is 0. The Kier molecular flexibility index (Phi) is 6.02. The highest BCUT2D eigenvalue weighted by molar-refractivity contribution is 5.85. The van der Waals surface area contributed by atoms with Gasteiger partial charge >= 0.3 is 5.97 Å². The van der Waals surface area contributed by atoms with Crippen molar-refractivity contribution in [3.8, 4) is 0 Å². The number of amides is 1. The molecule has 0 radical (unpaired) electrons. The van der Waals surface area contributed by atoms with Gasteiger partial charge in [-0.05, 0) is 12.8 Å². The molecular formula is C14H23NO4. The van der Waals surface area contributed by atoms with Crippen molar-refractivity contribution in [2.45, 2.75) is 38.5 Å². The highest BCUT2D eigenvalue weighted by Crippen LogP contribution is 2.40. The molecular weight excluding hydrogens is 246 g/mol. The molecule has 2 N–H and O–H groups in total. The SMILES string of the molecule is C=CCN(CCO)C(=O)CC1(C(=O)O)CCCCC1. The Morgan fingerprint density at radius 1 is 1.26 bits per heavy atom. The molecule has 0 aromatic carbocycles. The molecule has 0 saturated heterocycles. The van der Waals surface area contributed by atoms with Crippen LogP contribution in [0.3, 0.4) is 0 Å². The molecule has 108 valence electrons. The van der Waals surface area contributed by atoms with Crippen LogP contribution in [-0.4, -0.2) is 46.7 Å². The molecule has 0 spiro atoms. The first-order chi connectivity index (χ1) is 9.05. The molecule has 5 nitrogen and oxygen atoms in total. The Labute approximate surface area is 113 Å². The standard InChI is InChI=1S/C14H23NO4/c1-2-8-15(9-10-16)12(17)11-14(13(18)19)6-4-3-5-7-14/h2,16H,1,3-11H2,(H,18,19). The van der Waals surface area contributed by atoms with Crippen LogP contribution in [0.4, 0.5) is 0 Å². The number of carboxylic acids is 1. The molecule has 0 aliphatic heterocycles. The topological polar surface area (TPSA) is 77.8 Å². The fourth-order valence-corrected chi connectivity index (χ4v) is 2.69. The van der Waals surface area contributed by atoms with Gasteiger partial charge in [0.15, 0.2) is 0 Å². The summed E-state index contributed by atoms with van der Waals surface area (Å²) in [5, 5.41) is 18.4. The van der Waals surface area contributed by atoms with Crippen molar-refractivity contribution in [3.05, 3.63) is 12.7 Å². The van der Waals surface area contributed by atoms with E-state index in [1.54, 1.807) is 6.08 Å². The fourth-order valence-electron chi connectivity index (χ4n) is 2.69. The summed E-state index contributed by atoms with van der Waals surface area (Å²) in [6.45, 7) is 4.01. The highest BCUT2D eigenvalue weighted by Gasteiger charge is 2.42. The van der Waals surface area contributed by atoms with Gasteiger partial charge in [-0.25, -0.2) is 0 Å². The van der Waals surface area contributed by atoms with Crippen LogP contribution in [0.5, 0.6) is 0 Å². The molecule has 0 atom stereocenters. The first kappa shape index (κ1) is 15.7. The van der Waals surface area contributed by atoms with E-state index in [1.807, 2.05) is 0 Å². The summed E-state index contributed by atoms with van der Waals surface area (Å²) in [6.07, 6.45) is 5.50. The maximum atomic E-state index is 12.2. The van der Waals surface area contributed by atoms with Crippen molar-refractivity contribution in [2.75, 3.05) is 19.7 Å². The monoisotopic (exact) mass is 269 g/mol. The van der Waals surface area contributed by atoms with Gasteiger partial charge in [0.25, 0.3) is 0 Å². The molecule has 1 saturated carbocycles. The van der Waals surface area contributed by atoms with Crippen LogP contribution in [0.2, 0.25) is 0 Å². The van der Waals surface area contributed by atoms with Crippen molar-refractivity contribution in [3.63, 3.8) is 0 Å². The van der Waals surface area contributed by atoms with Crippen LogP contribution in [0.15, 0.2) is 12.7 Å². The average molecular weight is 269 g/mol. The van der Waals surface area contributed by atoms with E-state index in [9.17, 15) is 14.7 Å². The molecule has 1 amide bonds. The molecule has 1 fully saturated rings. The number of aliphatic carboxylic acids is 1. The number of hydrogen-bond donors (Lipinski definition) is 2. The van der Waals surface area contributed by atoms with E-state index in [2.05, 4.69) is 6.58 Å². The van der Waals surface area contributed by atoms with Gasteiger partial charge in [0.05, 0.1) is 12.0 Å². The zero-order valence-corrected chi connectivity index (χ0v) is 11.3. The molecule has 0 unspecified atom stereocenters. The largest absolute Gasteiger partial charge is 0.481 e. The first-order valence-electron chi connectivity index (χ1n) is 6.78. The van der Waals surface area contributed by atoms with Gasteiger partial charge in [-0.3, -0.25) is 9.59 Å². The highest BCUT2D eigenvalue weighted by atomic mass is 16.4. The van der Waals surface area contributed by atoms with E-state index in [0.29, 0.717) is 19.4 Å². The van der Waals surface area contributed by atoms with Gasteiger partial charge in [0, 0.05) is 19.5 Å². The second-order valence-electron chi connectivity index (χ2n) is 5.17. The van der Waals surface area contributed by atoms with Gasteiger partial charge in [0.1, 0.15) is 0 Å². The molecule has 0 bridgehead atoms. The predicted octanol–water partition coefficient (Wildman–Crippen LogP) is 1.42. The summed E-state index contributed by atoms with van der Waals surface area (Å²) in [5.41, 5.74) is -0.912. The Hall–Kier alpha value is -1.36. The minimum atomic E-state index is -0.912. The summed E-state index contributed by atoms with van der Waals surface area (Å²) >= 11 is 0. The molecule has 0 aromatic heterocycles. The second-order valence-corrected chi connectivity index (χ2v) is 5.17. The van der Waals surface area contributed by atoms with Gasteiger partial charge in [0.2, 0.25) is 5.91 Å². The lowest BCUT2D eigenvalue weighted by atomic mass is 9.71. The van der Waals surface area contributed by atoms with Gasteiger partial charge in [-0.2, -0.15) is 0 Å². The van der Waals surface area contributed by atoms with Gasteiger partial charge in [-0.15, -0.1) is 6.58 Å². The summed E-state index contributed by atoms with van der Waals surface area (Å²) in [7, 11) is 0. The molecule has 5 heteroatoms. The molecule has 19 heavy (non-hydrogen) atoms. The van der Waals surface area contributed by atoms with Crippen LogP contribution in [0, 0.1) is 5.41 Å². The van der Waals surface area contributed by atoms with Crippen LogP contribution in [0.25, 0.3) is 0 Å². The Morgan fingerprint density at radius 2 is 1.89 bits per heavy atom. The van der Waals surface area contributed by atoms with Crippen LogP contribution in [-0.2, 0) is 9.59 Å². The van der Waals surface area contributed by atoms with E-state index >= 15 is 0 Å². The lowest BCUT2D eigenvalue weighted by molar-refractivity contribution is -0.156. The predicted molar refractivity (Wildman–Crippen MR) is 71.6 cm³/mol. The summed E-state index contributed by atoms with van der Waals surface area (Å²) in [4.78, 5) is 25.2. The van der Waals surface area contributed by atoms with Crippen molar-refractivity contribution in [1.82, 2.24) is 4.90 Å². The maximum absolute atomic E-state index is 12.2. The molecule has 1 aliphatic rings. The third-order valence-corrected chi connectivity index (χ3v) is 3.83. The van der Waals surface area contributed by atoms with Crippen LogP contribution in [0.1, 0.15) is 38.5 Å². The van der Waals surface area contributed by atoms with Crippen molar-refractivity contribution in [1.29, 1.82) is 0 Å². The second kappa shape index (κ2) is 7.28. The smallest absolute Gasteiger partial charge is 0.310 e. The fraction of sp³-hybridized carbons (Fsp3) is 0.714. The van der Waals surface area contributed by atoms with Crippen molar-refractivity contribution < 1.29 is 19.8 Å². The van der Waals surface area contributed by atoms with Gasteiger partial charge < -0.3 is 15.1 Å². The zero-order chi connectivity index (χ0) is 14.3. The summed E-state index contributed by atoms with van der Waals surface area (Å²) in [5.74, 6) is -1.08. The Morgan fingerprint density at radius 3 is 2.37 bits per heavy atom. The Balaban J connectivity index is 2.74. The number of carbonyl (C=O) groups excluding carboxylic acids is 1. The van der Waals surface area contributed by atoms with Gasteiger partial charge in [-0.1, -0.05) is 25.3 Å². The van der Waals surface area contributed by atoms with Crippen LogP contribution < -0.4 is 0 Å². The van der Waals surface area contributed by atoms with Crippen LogP contribution >= 0.6 is 0 Å². The number of aliphatic hydroxyl groups excluding tert-OH is 1. The zero-order valence-electron chi connectivity index (χ0n) is 11.3. The number of rotatable bonds is 7. The molecule has 0 heterocycles. The van der Waals surface area contributed by atoms with E-state index in [0.717, 1.165) is 19.3 Å². The lowest BCUT2D eigenvalue weighted by Crippen LogP contribution is -2.42. The normalized spacial score (nSPS) is 17.7. The quantitative estimate of drug-likeness (QED) is 0.685. The maximum Gasteiger partial charge on any atom is 0.310 e. The van der Waals surface area contributed by atoms with E-state index < -0.39 is 11.4 Å². The number of aliphatic hydroxyl groups is 1. The molecule has 1 aliphatic carbocycles. The number of carboxylic acid groups (broad SMARTS) is 1. The number of nitrogens with zero attached hydrogens (tertiary/aromatic N) is 1. The average Bonchev–Trinajstić information content (AvgIpc) is 2.39. The van der Waals surface area contributed by atoms with Crippen molar-refractivity contribution >= 4 is 11.9 Å².